The predicted octanol–water partition coefficient (Wildman–Crippen LogP) is 1.66. The van der Waals surface area contributed by atoms with Gasteiger partial charge in [0.15, 0.2) is 24.5 Å². The van der Waals surface area contributed by atoms with Crippen LogP contribution >= 0.6 is 11.3 Å². The molecule has 12 heteroatoms. The third-order valence-corrected chi connectivity index (χ3v) is 8.32. The fourth-order valence-electron chi connectivity index (χ4n) is 2.94. The summed E-state index contributed by atoms with van der Waals surface area (Å²) in [7, 11) is -4.31. The number of fused-ring (bicyclic) bond motifs is 1. The Balaban J connectivity index is 2.00. The first-order chi connectivity index (χ1) is 15.0. The quantitative estimate of drug-likeness (QED) is 0.463. The van der Waals surface area contributed by atoms with Crippen LogP contribution in [0.2, 0.25) is 0 Å². The summed E-state index contributed by atoms with van der Waals surface area (Å²) in [4.78, 5) is 17.0. The van der Waals surface area contributed by atoms with Gasteiger partial charge in [0.2, 0.25) is 0 Å². The molecule has 0 unspecified atom stereocenters. The number of methoxy groups -OCH3 is 2. The summed E-state index contributed by atoms with van der Waals surface area (Å²) in [6.45, 7) is 0.678. The van der Waals surface area contributed by atoms with Gasteiger partial charge in [0, 0.05) is 19.9 Å². The van der Waals surface area contributed by atoms with E-state index in [2.05, 4.69) is 4.99 Å². The summed E-state index contributed by atoms with van der Waals surface area (Å²) in [6.07, 6.45) is 1.11. The number of nitrogens with zero attached hydrogens (tertiary/aromatic N) is 2. The van der Waals surface area contributed by atoms with Crippen LogP contribution in [-0.4, -0.2) is 60.1 Å². The smallest absolute Gasteiger partial charge is 0.263 e. The van der Waals surface area contributed by atoms with Crippen molar-refractivity contribution in [3.63, 3.8) is 0 Å². The molecule has 1 aromatic heterocycles. The van der Waals surface area contributed by atoms with Gasteiger partial charge in [-0.2, -0.15) is 4.99 Å². The minimum atomic E-state index is -3.90. The molecule has 0 bridgehead atoms. The van der Waals surface area contributed by atoms with Crippen molar-refractivity contribution < 1.29 is 31.1 Å². The van der Waals surface area contributed by atoms with Gasteiger partial charge in [-0.25, -0.2) is 16.8 Å². The number of rotatable bonds is 8. The average Bonchev–Trinajstić information content (AvgIpc) is 3.07. The number of benzene rings is 2. The highest BCUT2D eigenvalue weighted by molar-refractivity contribution is 7.92. The molecule has 0 aliphatic rings. The molecule has 1 heterocycles. The van der Waals surface area contributed by atoms with Crippen LogP contribution in [0.4, 0.5) is 0 Å². The van der Waals surface area contributed by atoms with Gasteiger partial charge in [0.25, 0.3) is 5.91 Å². The van der Waals surface area contributed by atoms with E-state index >= 15 is 0 Å². The molecule has 0 aliphatic heterocycles. The molecule has 0 saturated carbocycles. The van der Waals surface area contributed by atoms with Crippen LogP contribution in [0.5, 0.6) is 5.75 Å². The maximum atomic E-state index is 12.6. The van der Waals surface area contributed by atoms with Crippen molar-refractivity contribution in [3.05, 3.63) is 47.3 Å². The molecule has 0 aliphatic carbocycles. The first-order valence-electron chi connectivity index (χ1n) is 9.32. The highest BCUT2D eigenvalue weighted by Crippen LogP contribution is 2.22. The normalized spacial score (nSPS) is 12.9. The summed E-state index contributed by atoms with van der Waals surface area (Å²) in [5, 5.41) is 0. The Kier molecular flexibility index (Phi) is 7.18. The summed E-state index contributed by atoms with van der Waals surface area (Å²) >= 11 is 1.10. The largest absolute Gasteiger partial charge is 0.497 e. The van der Waals surface area contributed by atoms with Crippen LogP contribution in [0.3, 0.4) is 0 Å². The second-order valence-corrected chi connectivity index (χ2v) is 11.9. The molecule has 0 spiro atoms. The van der Waals surface area contributed by atoms with E-state index in [9.17, 15) is 21.6 Å². The van der Waals surface area contributed by atoms with Crippen LogP contribution in [0, 0.1) is 0 Å². The van der Waals surface area contributed by atoms with Crippen LogP contribution in [-0.2, 0) is 35.8 Å². The number of ether oxygens (including phenoxy) is 2. The van der Waals surface area contributed by atoms with E-state index in [1.165, 1.54) is 50.6 Å². The van der Waals surface area contributed by atoms with Gasteiger partial charge in [0.05, 0.1) is 33.7 Å². The van der Waals surface area contributed by atoms with Crippen LogP contribution in [0.1, 0.15) is 0 Å². The van der Waals surface area contributed by atoms with Crippen LogP contribution in [0.25, 0.3) is 10.2 Å². The van der Waals surface area contributed by atoms with Gasteiger partial charge in [-0.05, 0) is 42.5 Å². The molecule has 0 N–H and O–H groups in total. The van der Waals surface area contributed by atoms with Gasteiger partial charge in [-0.3, -0.25) is 4.79 Å². The minimum Gasteiger partial charge on any atom is -0.497 e. The van der Waals surface area contributed by atoms with E-state index in [-0.39, 0.29) is 14.6 Å². The van der Waals surface area contributed by atoms with Crippen molar-refractivity contribution in [2.75, 3.05) is 32.8 Å². The van der Waals surface area contributed by atoms with Crippen molar-refractivity contribution in [2.45, 2.75) is 16.3 Å². The van der Waals surface area contributed by atoms with E-state index in [1.54, 1.807) is 10.6 Å². The van der Waals surface area contributed by atoms with E-state index in [4.69, 9.17) is 9.47 Å². The lowest BCUT2D eigenvalue weighted by Gasteiger charge is -2.05. The second-order valence-electron chi connectivity index (χ2n) is 6.87. The number of amides is 1. The second kappa shape index (κ2) is 9.53. The maximum Gasteiger partial charge on any atom is 0.263 e. The number of aromatic nitrogens is 1. The Labute approximate surface area is 189 Å². The fourth-order valence-corrected chi connectivity index (χ4v) is 5.88. The lowest BCUT2D eigenvalue weighted by atomic mass is 10.3. The highest BCUT2D eigenvalue weighted by atomic mass is 32.2. The Morgan fingerprint density at radius 2 is 1.69 bits per heavy atom. The lowest BCUT2D eigenvalue weighted by Crippen LogP contribution is -2.22. The Hall–Kier alpha value is -2.54. The lowest BCUT2D eigenvalue weighted by molar-refractivity contribution is -0.115. The number of hydrogen-bond donors (Lipinski definition) is 0. The summed E-state index contributed by atoms with van der Waals surface area (Å²) in [5.74, 6) is -1.13. The predicted molar refractivity (Wildman–Crippen MR) is 120 cm³/mol. The third kappa shape index (κ3) is 5.44. The van der Waals surface area contributed by atoms with Gasteiger partial charge < -0.3 is 14.0 Å². The molecule has 0 atom stereocenters. The zero-order valence-electron chi connectivity index (χ0n) is 17.6. The van der Waals surface area contributed by atoms with Crippen LogP contribution < -0.4 is 9.54 Å². The maximum absolute atomic E-state index is 12.6. The van der Waals surface area contributed by atoms with E-state index in [0.29, 0.717) is 29.1 Å². The third-order valence-electron chi connectivity index (χ3n) is 4.55. The summed E-state index contributed by atoms with van der Waals surface area (Å²) < 4.78 is 61.4. The number of carbonyl (C=O) groups excluding carboxylic acids is 1. The zero-order chi connectivity index (χ0) is 23.5. The van der Waals surface area contributed by atoms with Crippen LogP contribution in [0.15, 0.2) is 57.2 Å². The average molecular weight is 499 g/mol. The topological polar surface area (TPSA) is 121 Å². The number of thiazole rings is 1. The van der Waals surface area contributed by atoms with Gasteiger partial charge >= 0.3 is 0 Å². The summed E-state index contributed by atoms with van der Waals surface area (Å²) in [5.41, 5.74) is 0.670. The molecule has 172 valence electrons. The Morgan fingerprint density at radius 1 is 1.03 bits per heavy atom. The molecule has 9 nitrogen and oxygen atoms in total. The van der Waals surface area contributed by atoms with Gasteiger partial charge in [0.1, 0.15) is 11.5 Å². The van der Waals surface area contributed by atoms with Crippen molar-refractivity contribution in [1.29, 1.82) is 0 Å². The van der Waals surface area contributed by atoms with Crippen molar-refractivity contribution in [2.24, 2.45) is 4.99 Å². The first-order valence-corrected chi connectivity index (χ1v) is 13.7. The molecule has 3 aromatic rings. The van der Waals surface area contributed by atoms with Gasteiger partial charge in [-0.1, -0.05) is 11.3 Å². The van der Waals surface area contributed by atoms with E-state index in [1.807, 2.05) is 0 Å². The molecule has 32 heavy (non-hydrogen) atoms. The molecule has 0 radical (unpaired) electrons. The molecule has 3 rings (SSSR count). The van der Waals surface area contributed by atoms with Crippen molar-refractivity contribution in [1.82, 2.24) is 4.57 Å². The van der Waals surface area contributed by atoms with E-state index < -0.39 is 31.3 Å². The molecule has 0 fully saturated rings. The first kappa shape index (κ1) is 24.1. The zero-order valence-corrected chi connectivity index (χ0v) is 20.1. The standard InChI is InChI=1S/C20H22N2O7S3/c1-28-11-10-22-17-9-8-16(31(3,24)25)12-18(17)30-20(22)21-19(23)13-32(26,27)15-6-4-14(29-2)5-7-15/h4-9,12H,10-11,13H2,1-3H3. The van der Waals surface area contributed by atoms with Gasteiger partial charge in [-0.15, -0.1) is 0 Å². The number of hydrogen-bond acceptors (Lipinski definition) is 8. The molecular weight excluding hydrogens is 476 g/mol. The minimum absolute atomic E-state index is 0.0109. The Morgan fingerprint density at radius 3 is 2.28 bits per heavy atom. The Bertz CT molecular complexity index is 1420. The fraction of sp³-hybridized carbons (Fsp3) is 0.300. The highest BCUT2D eigenvalue weighted by Gasteiger charge is 2.20. The SMILES string of the molecule is COCCn1c(=NC(=O)CS(=O)(=O)c2ccc(OC)cc2)sc2cc(S(C)(=O)=O)ccc21. The van der Waals surface area contributed by atoms with E-state index in [0.717, 1.165) is 17.6 Å². The monoisotopic (exact) mass is 498 g/mol. The van der Waals surface area contributed by atoms with Crippen molar-refractivity contribution in [3.8, 4) is 5.75 Å². The number of carbonyl (C=O) groups is 1. The molecular formula is C20H22N2O7S3. The molecule has 0 saturated heterocycles. The summed E-state index contributed by atoms with van der Waals surface area (Å²) in [6, 6.07) is 10.4. The molecule has 2 aromatic carbocycles. The number of sulfone groups is 2. The molecule has 1 amide bonds. The van der Waals surface area contributed by atoms with Crippen molar-refractivity contribution >= 4 is 47.1 Å².